The molecule has 1 heterocycles. The van der Waals surface area contributed by atoms with E-state index in [0.29, 0.717) is 37.6 Å². The number of carbonyl (C=O) groups is 2. The summed E-state index contributed by atoms with van der Waals surface area (Å²) in [6.45, 7) is 4.07. The Bertz CT molecular complexity index is 794. The van der Waals surface area contributed by atoms with Gasteiger partial charge in [-0.15, -0.1) is 12.4 Å². The smallest absolute Gasteiger partial charge is 0.254 e. The molecule has 3 N–H and O–H groups in total. The molecule has 7 heteroatoms. The van der Waals surface area contributed by atoms with E-state index in [2.05, 4.69) is 5.32 Å². The van der Waals surface area contributed by atoms with Crippen molar-refractivity contribution in [1.82, 2.24) is 4.90 Å². The van der Waals surface area contributed by atoms with Crippen LogP contribution in [0.15, 0.2) is 54.6 Å². The van der Waals surface area contributed by atoms with E-state index < -0.39 is 12.0 Å². The number of nitrogens with zero attached hydrogens (tertiary/aromatic N) is 1. The number of benzene rings is 2. The van der Waals surface area contributed by atoms with E-state index in [4.69, 9.17) is 10.5 Å². The maximum atomic E-state index is 12.6. The van der Waals surface area contributed by atoms with Gasteiger partial charge in [0.25, 0.3) is 5.91 Å². The lowest BCUT2D eigenvalue weighted by Gasteiger charge is -2.27. The third-order valence-corrected chi connectivity index (χ3v) is 4.81. The zero-order chi connectivity index (χ0) is 19.2. The Balaban J connectivity index is 0.00000280. The first kappa shape index (κ1) is 21.9. The second-order valence-corrected chi connectivity index (χ2v) is 6.70. The lowest BCUT2D eigenvalue weighted by Crippen LogP contribution is -2.40. The van der Waals surface area contributed by atoms with Crippen molar-refractivity contribution in [3.05, 3.63) is 65.7 Å². The molecule has 1 saturated heterocycles. The summed E-state index contributed by atoms with van der Waals surface area (Å²) in [5.41, 5.74) is 8.29. The van der Waals surface area contributed by atoms with Crippen LogP contribution < -0.4 is 11.1 Å². The van der Waals surface area contributed by atoms with Gasteiger partial charge in [0.05, 0.1) is 19.1 Å². The molecule has 0 saturated carbocycles. The Kier molecular flexibility index (Phi) is 7.99. The van der Waals surface area contributed by atoms with Crippen molar-refractivity contribution in [2.45, 2.75) is 13.0 Å². The standard InChI is InChI=1S/C21H25N3O3.ClH/c1-15(19(22)16-6-3-2-4-7-16)20(25)23-18-9-5-8-17(14-18)21(26)24-10-12-27-13-11-24;/h2-9,14-15,19H,10-13,22H2,1H3,(H,23,25);1H. The van der Waals surface area contributed by atoms with Gasteiger partial charge in [-0.3, -0.25) is 9.59 Å². The summed E-state index contributed by atoms with van der Waals surface area (Å²) in [7, 11) is 0. The number of nitrogens with one attached hydrogen (secondary N) is 1. The highest BCUT2D eigenvalue weighted by atomic mass is 35.5. The normalized spacial score (nSPS) is 15.9. The molecule has 1 aliphatic rings. The number of ether oxygens (including phenoxy) is 1. The molecule has 0 spiro atoms. The third kappa shape index (κ3) is 5.32. The minimum absolute atomic E-state index is 0. The Hall–Kier alpha value is -2.41. The lowest BCUT2D eigenvalue weighted by molar-refractivity contribution is -0.120. The van der Waals surface area contributed by atoms with Crippen LogP contribution in [0, 0.1) is 5.92 Å². The first-order valence-corrected chi connectivity index (χ1v) is 9.15. The third-order valence-electron chi connectivity index (χ3n) is 4.81. The average molecular weight is 404 g/mol. The molecule has 1 aliphatic heterocycles. The van der Waals surface area contributed by atoms with Crippen LogP contribution in [-0.2, 0) is 9.53 Å². The highest BCUT2D eigenvalue weighted by Crippen LogP contribution is 2.21. The number of morpholine rings is 1. The van der Waals surface area contributed by atoms with Crippen LogP contribution in [0.4, 0.5) is 5.69 Å². The summed E-state index contributed by atoms with van der Waals surface area (Å²) in [5, 5.41) is 2.88. The van der Waals surface area contributed by atoms with Crippen molar-refractivity contribution >= 4 is 29.9 Å². The van der Waals surface area contributed by atoms with Gasteiger partial charge >= 0.3 is 0 Å². The minimum Gasteiger partial charge on any atom is -0.378 e. The molecule has 0 radical (unpaired) electrons. The van der Waals surface area contributed by atoms with Crippen LogP contribution in [0.3, 0.4) is 0 Å². The fourth-order valence-corrected chi connectivity index (χ4v) is 3.06. The molecule has 0 aliphatic carbocycles. The van der Waals surface area contributed by atoms with Gasteiger partial charge in [0.15, 0.2) is 0 Å². The molecule has 1 fully saturated rings. The number of carbonyl (C=O) groups excluding carboxylic acids is 2. The van der Waals surface area contributed by atoms with Crippen LogP contribution >= 0.6 is 12.4 Å². The maximum Gasteiger partial charge on any atom is 0.254 e. The van der Waals surface area contributed by atoms with Gasteiger partial charge in [-0.1, -0.05) is 43.3 Å². The van der Waals surface area contributed by atoms with E-state index >= 15 is 0 Å². The highest BCUT2D eigenvalue weighted by molar-refractivity contribution is 5.97. The Labute approximate surface area is 171 Å². The fraction of sp³-hybridized carbons (Fsp3) is 0.333. The predicted molar refractivity (Wildman–Crippen MR) is 112 cm³/mol. The lowest BCUT2D eigenvalue weighted by atomic mass is 9.94. The Morgan fingerprint density at radius 2 is 1.75 bits per heavy atom. The van der Waals surface area contributed by atoms with Gasteiger partial charge in [0.2, 0.25) is 5.91 Å². The van der Waals surface area contributed by atoms with Gasteiger partial charge < -0.3 is 20.7 Å². The van der Waals surface area contributed by atoms with Crippen molar-refractivity contribution in [1.29, 1.82) is 0 Å². The Morgan fingerprint density at radius 3 is 2.43 bits per heavy atom. The Morgan fingerprint density at radius 1 is 1.07 bits per heavy atom. The van der Waals surface area contributed by atoms with Gasteiger partial charge in [-0.05, 0) is 23.8 Å². The summed E-state index contributed by atoms with van der Waals surface area (Å²) in [6.07, 6.45) is 0. The summed E-state index contributed by atoms with van der Waals surface area (Å²) in [4.78, 5) is 27.0. The zero-order valence-corrected chi connectivity index (χ0v) is 16.7. The molecule has 2 atom stereocenters. The van der Waals surface area contributed by atoms with Crippen molar-refractivity contribution in [2.24, 2.45) is 11.7 Å². The van der Waals surface area contributed by atoms with Crippen molar-refractivity contribution < 1.29 is 14.3 Å². The van der Waals surface area contributed by atoms with Crippen molar-refractivity contribution in [3.63, 3.8) is 0 Å². The monoisotopic (exact) mass is 403 g/mol. The molecule has 2 aromatic rings. The molecular weight excluding hydrogens is 378 g/mol. The molecule has 0 bridgehead atoms. The molecule has 2 aromatic carbocycles. The number of anilines is 1. The zero-order valence-electron chi connectivity index (χ0n) is 15.8. The van der Waals surface area contributed by atoms with E-state index in [0.717, 1.165) is 5.56 Å². The summed E-state index contributed by atoms with van der Waals surface area (Å²) in [5.74, 6) is -0.642. The van der Waals surface area contributed by atoms with E-state index in [-0.39, 0.29) is 24.2 Å². The second kappa shape index (κ2) is 10.2. The topological polar surface area (TPSA) is 84.7 Å². The van der Waals surface area contributed by atoms with Crippen molar-refractivity contribution in [2.75, 3.05) is 31.6 Å². The second-order valence-electron chi connectivity index (χ2n) is 6.70. The number of hydrogen-bond donors (Lipinski definition) is 2. The van der Waals surface area contributed by atoms with Crippen molar-refractivity contribution in [3.8, 4) is 0 Å². The van der Waals surface area contributed by atoms with Crippen LogP contribution in [0.25, 0.3) is 0 Å². The largest absolute Gasteiger partial charge is 0.378 e. The molecule has 0 aromatic heterocycles. The molecule has 6 nitrogen and oxygen atoms in total. The number of nitrogens with two attached hydrogens (primary N) is 1. The molecule has 3 rings (SSSR count). The summed E-state index contributed by atoms with van der Waals surface area (Å²) in [6, 6.07) is 16.2. The maximum absolute atomic E-state index is 12.6. The van der Waals surface area contributed by atoms with Crippen LogP contribution in [-0.4, -0.2) is 43.0 Å². The van der Waals surface area contributed by atoms with Crippen LogP contribution in [0.5, 0.6) is 0 Å². The highest BCUT2D eigenvalue weighted by Gasteiger charge is 2.23. The SMILES string of the molecule is CC(C(=O)Nc1cccc(C(=O)N2CCOCC2)c1)C(N)c1ccccc1.Cl. The number of amides is 2. The van der Waals surface area contributed by atoms with Gasteiger partial charge in [-0.25, -0.2) is 0 Å². The molecule has 2 amide bonds. The van der Waals surface area contributed by atoms with Crippen LogP contribution in [0.2, 0.25) is 0 Å². The molecular formula is C21H26ClN3O3. The van der Waals surface area contributed by atoms with E-state index in [1.807, 2.05) is 30.3 Å². The van der Waals surface area contributed by atoms with Gasteiger partial charge in [0, 0.05) is 30.4 Å². The first-order valence-electron chi connectivity index (χ1n) is 9.15. The molecule has 28 heavy (non-hydrogen) atoms. The summed E-state index contributed by atoms with van der Waals surface area (Å²) < 4.78 is 5.28. The van der Waals surface area contributed by atoms with Crippen LogP contribution in [0.1, 0.15) is 28.9 Å². The minimum atomic E-state index is -0.411. The summed E-state index contributed by atoms with van der Waals surface area (Å²) >= 11 is 0. The molecule has 2 unspecified atom stereocenters. The first-order chi connectivity index (χ1) is 13.1. The number of hydrogen-bond acceptors (Lipinski definition) is 4. The number of halogens is 1. The fourth-order valence-electron chi connectivity index (χ4n) is 3.06. The van der Waals surface area contributed by atoms with Gasteiger partial charge in [0.1, 0.15) is 0 Å². The average Bonchev–Trinajstić information content (AvgIpc) is 2.73. The van der Waals surface area contributed by atoms with E-state index in [1.165, 1.54) is 0 Å². The van der Waals surface area contributed by atoms with E-state index in [1.54, 1.807) is 36.1 Å². The molecule has 150 valence electrons. The van der Waals surface area contributed by atoms with Gasteiger partial charge in [-0.2, -0.15) is 0 Å². The van der Waals surface area contributed by atoms with E-state index in [9.17, 15) is 9.59 Å². The number of rotatable bonds is 5. The predicted octanol–water partition coefficient (Wildman–Crippen LogP) is 2.86. The quantitative estimate of drug-likeness (QED) is 0.803.